The molecule has 3 N–H and O–H groups in total. The Morgan fingerprint density at radius 3 is 2.75 bits per heavy atom. The van der Waals surface area contributed by atoms with Crippen molar-refractivity contribution in [1.82, 2.24) is 10.2 Å². The fraction of sp³-hybridized carbons (Fsp3) is 0.611. The lowest BCUT2D eigenvalue weighted by atomic mass is 10.1. The zero-order valence-electron chi connectivity index (χ0n) is 14.2. The van der Waals surface area contributed by atoms with Gasteiger partial charge < -0.3 is 15.8 Å². The van der Waals surface area contributed by atoms with Crippen LogP contribution in [0.4, 0.5) is 0 Å². The van der Waals surface area contributed by atoms with Crippen LogP contribution in [-0.4, -0.2) is 43.1 Å². The van der Waals surface area contributed by atoms with Crippen molar-refractivity contribution in [3.05, 3.63) is 29.8 Å². The third kappa shape index (κ3) is 5.36. The number of carbonyl (C=O) groups excluding carboxylic acids is 1. The lowest BCUT2D eigenvalue weighted by Gasteiger charge is -2.18. The van der Waals surface area contributed by atoms with Crippen LogP contribution in [0.3, 0.4) is 0 Å². The molecular weight excluding hydrogens is 326 g/mol. The number of nitrogens with two attached hydrogens (primary N) is 1. The zero-order valence-corrected chi connectivity index (χ0v) is 15.1. The van der Waals surface area contributed by atoms with Crippen molar-refractivity contribution in [2.24, 2.45) is 17.6 Å². The number of halogens is 1. The number of benzene rings is 1. The minimum absolute atomic E-state index is 0. The summed E-state index contributed by atoms with van der Waals surface area (Å²) in [7, 11) is 0. The summed E-state index contributed by atoms with van der Waals surface area (Å²) < 4.78 is 5.75. The van der Waals surface area contributed by atoms with E-state index in [0.717, 1.165) is 37.5 Å². The van der Waals surface area contributed by atoms with E-state index >= 15 is 0 Å². The number of rotatable bonds is 7. The fourth-order valence-electron chi connectivity index (χ4n) is 3.02. The van der Waals surface area contributed by atoms with Crippen molar-refractivity contribution in [1.29, 1.82) is 0 Å². The Bertz CT molecular complexity index is 541. The van der Waals surface area contributed by atoms with E-state index in [4.69, 9.17) is 10.5 Å². The molecule has 0 radical (unpaired) electrons. The second-order valence-electron chi connectivity index (χ2n) is 6.98. The van der Waals surface area contributed by atoms with Crippen LogP contribution in [0.5, 0.6) is 5.75 Å². The standard InChI is InChI=1S/C18H27N3O2.ClH/c1-13-9-21(11-16(13)19)10-15-4-2-3-5-17(15)23-12-18(22)20-8-14-6-7-14;/h2-5,13-14,16H,6-12,19H2,1H3,(H,20,22);1H. The van der Waals surface area contributed by atoms with Crippen LogP contribution in [0.25, 0.3) is 0 Å². The molecule has 5 nitrogen and oxygen atoms in total. The summed E-state index contributed by atoms with van der Waals surface area (Å²) in [6.07, 6.45) is 2.47. The van der Waals surface area contributed by atoms with Crippen LogP contribution in [0, 0.1) is 11.8 Å². The lowest BCUT2D eigenvalue weighted by molar-refractivity contribution is -0.123. The SMILES string of the molecule is CC1CN(Cc2ccccc2OCC(=O)NCC2CC2)CC1N.Cl. The molecule has 2 fully saturated rings. The van der Waals surface area contributed by atoms with Crippen molar-refractivity contribution in [2.75, 3.05) is 26.2 Å². The van der Waals surface area contributed by atoms with Gasteiger partial charge in [0.25, 0.3) is 5.91 Å². The molecule has 3 rings (SSSR count). The minimum atomic E-state index is -0.0384. The summed E-state index contributed by atoms with van der Waals surface area (Å²) >= 11 is 0. The molecule has 0 bridgehead atoms. The Morgan fingerprint density at radius 1 is 1.33 bits per heavy atom. The number of nitrogens with one attached hydrogen (secondary N) is 1. The van der Waals surface area contributed by atoms with E-state index in [1.165, 1.54) is 12.8 Å². The fourth-order valence-corrected chi connectivity index (χ4v) is 3.02. The summed E-state index contributed by atoms with van der Waals surface area (Å²) in [6, 6.07) is 8.19. The van der Waals surface area contributed by atoms with Crippen molar-refractivity contribution in [3.8, 4) is 5.75 Å². The summed E-state index contributed by atoms with van der Waals surface area (Å²) in [4.78, 5) is 14.2. The van der Waals surface area contributed by atoms with Gasteiger partial charge in [-0.2, -0.15) is 0 Å². The number of hydrogen-bond acceptors (Lipinski definition) is 4. The van der Waals surface area contributed by atoms with Gasteiger partial charge in [0, 0.05) is 37.8 Å². The monoisotopic (exact) mass is 353 g/mol. The van der Waals surface area contributed by atoms with Gasteiger partial charge in [0.15, 0.2) is 6.61 Å². The van der Waals surface area contributed by atoms with E-state index in [1.807, 2.05) is 18.2 Å². The Kier molecular flexibility index (Phi) is 6.90. The molecule has 134 valence electrons. The molecule has 2 unspecified atom stereocenters. The van der Waals surface area contributed by atoms with E-state index < -0.39 is 0 Å². The van der Waals surface area contributed by atoms with E-state index in [1.54, 1.807) is 0 Å². The molecule has 1 aromatic carbocycles. The number of amides is 1. The van der Waals surface area contributed by atoms with E-state index in [9.17, 15) is 4.79 Å². The van der Waals surface area contributed by atoms with Gasteiger partial charge >= 0.3 is 0 Å². The Morgan fingerprint density at radius 2 is 2.08 bits per heavy atom. The summed E-state index contributed by atoms with van der Waals surface area (Å²) in [5, 5.41) is 2.93. The number of ether oxygens (including phenoxy) is 1. The number of nitrogens with zero attached hydrogens (tertiary/aromatic N) is 1. The van der Waals surface area contributed by atoms with Crippen LogP contribution in [0.2, 0.25) is 0 Å². The third-order valence-electron chi connectivity index (χ3n) is 4.76. The maximum atomic E-state index is 11.8. The predicted molar refractivity (Wildman–Crippen MR) is 97.3 cm³/mol. The van der Waals surface area contributed by atoms with Crippen LogP contribution in [-0.2, 0) is 11.3 Å². The van der Waals surface area contributed by atoms with E-state index in [0.29, 0.717) is 11.8 Å². The van der Waals surface area contributed by atoms with Gasteiger partial charge in [-0.3, -0.25) is 9.69 Å². The molecule has 1 amide bonds. The quantitative estimate of drug-likeness (QED) is 0.784. The van der Waals surface area contributed by atoms with Gasteiger partial charge in [-0.25, -0.2) is 0 Å². The largest absolute Gasteiger partial charge is 0.483 e. The highest BCUT2D eigenvalue weighted by molar-refractivity contribution is 5.85. The van der Waals surface area contributed by atoms with Gasteiger partial charge in [0.2, 0.25) is 0 Å². The van der Waals surface area contributed by atoms with Crippen LogP contribution < -0.4 is 15.8 Å². The molecule has 1 aliphatic carbocycles. The zero-order chi connectivity index (χ0) is 16.2. The van der Waals surface area contributed by atoms with E-state index in [-0.39, 0.29) is 31.0 Å². The predicted octanol–water partition coefficient (Wildman–Crippen LogP) is 1.79. The normalized spacial score (nSPS) is 23.6. The number of para-hydroxylation sites is 1. The van der Waals surface area contributed by atoms with Gasteiger partial charge in [0.1, 0.15) is 5.75 Å². The highest BCUT2D eigenvalue weighted by Gasteiger charge is 2.27. The maximum absolute atomic E-state index is 11.8. The molecule has 0 spiro atoms. The lowest BCUT2D eigenvalue weighted by Crippen LogP contribution is -2.31. The van der Waals surface area contributed by atoms with Gasteiger partial charge in [-0.1, -0.05) is 25.1 Å². The number of hydrogen-bond donors (Lipinski definition) is 2. The average molecular weight is 354 g/mol. The second-order valence-corrected chi connectivity index (χ2v) is 6.98. The summed E-state index contributed by atoms with van der Waals surface area (Å²) in [5.41, 5.74) is 7.21. The first-order chi connectivity index (χ1) is 11.1. The number of likely N-dealkylation sites (tertiary alicyclic amines) is 1. The van der Waals surface area contributed by atoms with Crippen molar-refractivity contribution in [2.45, 2.75) is 32.4 Å². The molecule has 1 aromatic rings. The average Bonchev–Trinajstić information content (AvgIpc) is 3.31. The van der Waals surface area contributed by atoms with E-state index in [2.05, 4.69) is 23.2 Å². The van der Waals surface area contributed by atoms with Gasteiger partial charge in [-0.05, 0) is 30.7 Å². The molecule has 2 aliphatic rings. The Labute approximate surface area is 150 Å². The first-order valence-electron chi connectivity index (χ1n) is 8.57. The van der Waals surface area contributed by atoms with Crippen molar-refractivity contribution < 1.29 is 9.53 Å². The smallest absolute Gasteiger partial charge is 0.257 e. The molecule has 6 heteroatoms. The molecular formula is C18H28ClN3O2. The van der Waals surface area contributed by atoms with Crippen LogP contribution in [0.15, 0.2) is 24.3 Å². The molecule has 2 atom stereocenters. The first-order valence-corrected chi connectivity index (χ1v) is 8.57. The Hall–Kier alpha value is -1.30. The third-order valence-corrected chi connectivity index (χ3v) is 4.76. The summed E-state index contributed by atoms with van der Waals surface area (Å²) in [5.74, 6) is 1.97. The van der Waals surface area contributed by atoms with Crippen molar-refractivity contribution >= 4 is 18.3 Å². The summed E-state index contributed by atoms with van der Waals surface area (Å²) in [6.45, 7) is 5.80. The van der Waals surface area contributed by atoms with Gasteiger partial charge in [-0.15, -0.1) is 12.4 Å². The first kappa shape index (κ1) is 19.0. The van der Waals surface area contributed by atoms with Gasteiger partial charge in [0.05, 0.1) is 0 Å². The highest BCUT2D eigenvalue weighted by Crippen LogP contribution is 2.27. The molecule has 0 aromatic heterocycles. The van der Waals surface area contributed by atoms with Crippen LogP contribution >= 0.6 is 12.4 Å². The van der Waals surface area contributed by atoms with Crippen molar-refractivity contribution in [3.63, 3.8) is 0 Å². The molecule has 1 saturated heterocycles. The van der Waals surface area contributed by atoms with Crippen LogP contribution in [0.1, 0.15) is 25.3 Å². The molecule has 1 aliphatic heterocycles. The highest BCUT2D eigenvalue weighted by atomic mass is 35.5. The molecule has 1 saturated carbocycles. The topological polar surface area (TPSA) is 67.6 Å². The molecule has 1 heterocycles. The minimum Gasteiger partial charge on any atom is -0.483 e. The Balaban J connectivity index is 0.00000208. The second kappa shape index (κ2) is 8.70. The molecule has 24 heavy (non-hydrogen) atoms. The maximum Gasteiger partial charge on any atom is 0.257 e. The number of carbonyl (C=O) groups is 1.